The van der Waals surface area contributed by atoms with E-state index in [1.807, 2.05) is 16.8 Å². The number of halogens is 1. The summed E-state index contributed by atoms with van der Waals surface area (Å²) in [7, 11) is 3.61. The molecule has 2 aliphatic carbocycles. The Balaban J connectivity index is 1.36. The Labute approximate surface area is 168 Å². The van der Waals surface area contributed by atoms with E-state index in [1.54, 1.807) is 7.05 Å². The van der Waals surface area contributed by atoms with Crippen molar-refractivity contribution in [3.8, 4) is 11.3 Å². The molecule has 2 aromatic heterocycles. The minimum atomic E-state index is -0.504. The number of fused-ring (bicyclic) bond motifs is 1. The standard InChI is InChI=1S/C21H24FN5O2/c1-25-18(28)8-17(13-6-7-23-9-16(13)22)24-21(25)26(2)19-14-10-27(11-15(14)19)20(29)12-4-3-5-12/h6-9,12,14-15,19H,3-5,10-11H2,1-2H3/t14-,15+,19?. The number of carbonyl (C=O) groups is 1. The highest BCUT2D eigenvalue weighted by molar-refractivity contribution is 5.80. The second-order valence-electron chi connectivity index (χ2n) is 8.49. The maximum atomic E-state index is 14.2. The molecule has 2 saturated carbocycles. The van der Waals surface area contributed by atoms with Crippen LogP contribution < -0.4 is 10.5 Å². The van der Waals surface area contributed by atoms with Gasteiger partial charge in [-0.25, -0.2) is 9.37 Å². The first-order valence-corrected chi connectivity index (χ1v) is 10.2. The third-order valence-corrected chi connectivity index (χ3v) is 6.84. The molecule has 0 radical (unpaired) electrons. The number of rotatable bonds is 4. The number of likely N-dealkylation sites (tertiary alicyclic amines) is 1. The minimum Gasteiger partial charge on any atom is -0.342 e. The third kappa shape index (κ3) is 2.92. The lowest BCUT2D eigenvalue weighted by Crippen LogP contribution is -2.42. The summed E-state index contributed by atoms with van der Waals surface area (Å²) < 4.78 is 15.6. The number of anilines is 1. The van der Waals surface area contributed by atoms with Crippen molar-refractivity contribution in [2.75, 3.05) is 25.0 Å². The fourth-order valence-corrected chi connectivity index (χ4v) is 4.86. The molecule has 0 bridgehead atoms. The van der Waals surface area contributed by atoms with Crippen LogP contribution in [0.4, 0.5) is 10.3 Å². The zero-order valence-corrected chi connectivity index (χ0v) is 16.6. The van der Waals surface area contributed by atoms with Crippen LogP contribution in [0.15, 0.2) is 29.3 Å². The van der Waals surface area contributed by atoms with Gasteiger partial charge in [-0.3, -0.25) is 19.1 Å². The average Bonchev–Trinajstić information content (AvgIpc) is 3.15. The van der Waals surface area contributed by atoms with Crippen LogP contribution in [0.2, 0.25) is 0 Å². The molecule has 3 fully saturated rings. The van der Waals surface area contributed by atoms with Gasteiger partial charge in [-0.1, -0.05) is 6.42 Å². The second kappa shape index (κ2) is 6.64. The van der Waals surface area contributed by atoms with Crippen molar-refractivity contribution >= 4 is 11.9 Å². The maximum Gasteiger partial charge on any atom is 0.255 e. The monoisotopic (exact) mass is 397 g/mol. The molecule has 1 saturated heterocycles. The van der Waals surface area contributed by atoms with Crippen molar-refractivity contribution in [2.45, 2.75) is 25.3 Å². The molecule has 0 N–H and O–H groups in total. The van der Waals surface area contributed by atoms with Crippen molar-refractivity contribution in [2.24, 2.45) is 24.8 Å². The largest absolute Gasteiger partial charge is 0.342 e. The van der Waals surface area contributed by atoms with Gasteiger partial charge in [-0.2, -0.15) is 0 Å². The van der Waals surface area contributed by atoms with Crippen LogP contribution in [-0.4, -0.2) is 51.5 Å². The normalized spacial score (nSPS) is 25.5. The molecule has 1 aliphatic heterocycles. The van der Waals surface area contributed by atoms with Crippen molar-refractivity contribution < 1.29 is 9.18 Å². The summed E-state index contributed by atoms with van der Waals surface area (Å²) >= 11 is 0. The summed E-state index contributed by atoms with van der Waals surface area (Å²) in [4.78, 5) is 37.4. The number of piperidine rings is 1. The fraction of sp³-hybridized carbons (Fsp3) is 0.524. The van der Waals surface area contributed by atoms with Gasteiger partial charge in [-0.15, -0.1) is 0 Å². The van der Waals surface area contributed by atoms with Gasteiger partial charge in [0.2, 0.25) is 11.9 Å². The molecule has 2 aromatic rings. The number of amides is 1. The molecule has 8 heteroatoms. The predicted octanol–water partition coefficient (Wildman–Crippen LogP) is 1.67. The van der Waals surface area contributed by atoms with E-state index in [4.69, 9.17) is 0 Å². The molecular formula is C21H24FN5O2. The van der Waals surface area contributed by atoms with E-state index >= 15 is 0 Å². The Bertz CT molecular complexity index is 1020. The van der Waals surface area contributed by atoms with E-state index in [-0.39, 0.29) is 23.1 Å². The molecule has 0 aromatic carbocycles. The molecule has 1 amide bonds. The molecule has 1 unspecified atom stereocenters. The van der Waals surface area contributed by atoms with E-state index in [1.165, 1.54) is 22.9 Å². The molecule has 3 aliphatic rings. The molecule has 29 heavy (non-hydrogen) atoms. The summed E-state index contributed by atoms with van der Waals surface area (Å²) in [5, 5.41) is 0. The van der Waals surface area contributed by atoms with E-state index in [0.717, 1.165) is 38.5 Å². The summed E-state index contributed by atoms with van der Waals surface area (Å²) in [6.45, 7) is 1.56. The van der Waals surface area contributed by atoms with Crippen molar-refractivity contribution in [3.63, 3.8) is 0 Å². The summed E-state index contributed by atoms with van der Waals surface area (Å²) in [6.07, 6.45) is 5.82. The van der Waals surface area contributed by atoms with Gasteiger partial charge in [0.05, 0.1) is 11.9 Å². The number of nitrogens with zero attached hydrogens (tertiary/aromatic N) is 5. The topological polar surface area (TPSA) is 71.3 Å². The van der Waals surface area contributed by atoms with E-state index in [0.29, 0.717) is 29.4 Å². The highest BCUT2D eigenvalue weighted by Crippen LogP contribution is 2.50. The number of hydrogen-bond acceptors (Lipinski definition) is 5. The minimum absolute atomic E-state index is 0.234. The summed E-state index contributed by atoms with van der Waals surface area (Å²) in [6, 6.07) is 3.12. The van der Waals surface area contributed by atoms with Crippen LogP contribution in [0.25, 0.3) is 11.3 Å². The quantitative estimate of drug-likeness (QED) is 0.785. The maximum absolute atomic E-state index is 14.2. The smallest absolute Gasteiger partial charge is 0.255 e. The molecule has 7 nitrogen and oxygen atoms in total. The second-order valence-corrected chi connectivity index (χ2v) is 8.49. The first kappa shape index (κ1) is 18.3. The Hall–Kier alpha value is -2.77. The summed E-state index contributed by atoms with van der Waals surface area (Å²) in [5.74, 6) is 1.36. The van der Waals surface area contributed by atoms with Gasteiger partial charge < -0.3 is 9.80 Å². The van der Waals surface area contributed by atoms with Crippen LogP contribution in [-0.2, 0) is 11.8 Å². The Morgan fingerprint density at radius 1 is 1.28 bits per heavy atom. The van der Waals surface area contributed by atoms with Crippen LogP contribution in [0.3, 0.4) is 0 Å². The highest BCUT2D eigenvalue weighted by atomic mass is 19.1. The van der Waals surface area contributed by atoms with Gasteiger partial charge in [0.25, 0.3) is 5.56 Å². The number of carbonyl (C=O) groups excluding carboxylic acids is 1. The first-order valence-electron chi connectivity index (χ1n) is 10.2. The average molecular weight is 397 g/mol. The zero-order chi connectivity index (χ0) is 20.3. The number of aromatic nitrogens is 3. The SMILES string of the molecule is CN(c1nc(-c2ccncc2F)cc(=O)n1C)C1[C@H]2CN(C(=O)C3CCC3)C[C@@H]12. The lowest BCUT2D eigenvalue weighted by atomic mass is 9.84. The van der Waals surface area contributed by atoms with E-state index in [9.17, 15) is 14.0 Å². The molecule has 0 spiro atoms. The first-order chi connectivity index (χ1) is 14.0. The molecular weight excluding hydrogens is 373 g/mol. The van der Waals surface area contributed by atoms with Gasteiger partial charge in [-0.05, 0) is 18.9 Å². The highest BCUT2D eigenvalue weighted by Gasteiger charge is 2.59. The molecule has 152 valence electrons. The molecule has 5 rings (SSSR count). The van der Waals surface area contributed by atoms with E-state index in [2.05, 4.69) is 9.97 Å². The van der Waals surface area contributed by atoms with Gasteiger partial charge >= 0.3 is 0 Å². The van der Waals surface area contributed by atoms with Crippen LogP contribution in [0.5, 0.6) is 0 Å². The van der Waals surface area contributed by atoms with Crippen molar-refractivity contribution in [1.29, 1.82) is 0 Å². The van der Waals surface area contributed by atoms with E-state index < -0.39 is 5.82 Å². The Morgan fingerprint density at radius 3 is 2.62 bits per heavy atom. The van der Waals surface area contributed by atoms with Crippen LogP contribution in [0.1, 0.15) is 19.3 Å². The molecule has 3 heterocycles. The zero-order valence-electron chi connectivity index (χ0n) is 16.6. The van der Waals surface area contributed by atoms with Gasteiger partial charge in [0.15, 0.2) is 5.82 Å². The number of pyridine rings is 1. The lowest BCUT2D eigenvalue weighted by molar-refractivity contribution is -0.137. The van der Waals surface area contributed by atoms with Crippen molar-refractivity contribution in [3.05, 3.63) is 40.7 Å². The van der Waals surface area contributed by atoms with Crippen molar-refractivity contribution in [1.82, 2.24) is 19.4 Å². The third-order valence-electron chi connectivity index (χ3n) is 6.84. The predicted molar refractivity (Wildman–Crippen MR) is 106 cm³/mol. The van der Waals surface area contributed by atoms with Crippen LogP contribution in [0, 0.1) is 23.6 Å². The number of hydrogen-bond donors (Lipinski definition) is 0. The van der Waals surface area contributed by atoms with Gasteiger partial charge in [0.1, 0.15) is 0 Å². The van der Waals surface area contributed by atoms with Gasteiger partial charge in [0, 0.05) is 68.8 Å². The lowest BCUT2D eigenvalue weighted by Gasteiger charge is -2.31. The summed E-state index contributed by atoms with van der Waals surface area (Å²) in [5.41, 5.74) is 0.337. The fourth-order valence-electron chi connectivity index (χ4n) is 4.86. The molecule has 3 atom stereocenters. The Morgan fingerprint density at radius 2 is 2.00 bits per heavy atom. The Kier molecular flexibility index (Phi) is 4.18. The van der Waals surface area contributed by atoms with Crippen LogP contribution >= 0.6 is 0 Å².